The van der Waals surface area contributed by atoms with Crippen molar-refractivity contribution in [3.05, 3.63) is 30.2 Å². The number of hydrazone groups is 1. The Morgan fingerprint density at radius 3 is 2.74 bits per heavy atom. The summed E-state index contributed by atoms with van der Waals surface area (Å²) in [6.45, 7) is 6.84. The molecule has 5 N–H and O–H groups in total. The van der Waals surface area contributed by atoms with Crippen LogP contribution in [0.5, 0.6) is 0 Å². The summed E-state index contributed by atoms with van der Waals surface area (Å²) < 4.78 is 3.86. The first-order valence-electron chi connectivity index (χ1n) is 9.99. The number of imidazole rings is 1. The quantitative estimate of drug-likeness (QED) is 0.174. The van der Waals surface area contributed by atoms with Gasteiger partial charge in [-0.3, -0.25) is 4.68 Å². The van der Waals surface area contributed by atoms with Crippen LogP contribution in [0, 0.1) is 6.92 Å². The summed E-state index contributed by atoms with van der Waals surface area (Å²) in [5.74, 6) is 7.62. The zero-order valence-electron chi connectivity index (χ0n) is 18.0. The van der Waals surface area contributed by atoms with Gasteiger partial charge in [0.05, 0.1) is 10.3 Å². The van der Waals surface area contributed by atoms with Crippen LogP contribution in [-0.2, 0) is 7.05 Å². The molecule has 31 heavy (non-hydrogen) atoms. The number of aromatic nitrogens is 6. The largest absolute Gasteiger partial charge is 0.386 e. The second-order valence-corrected chi connectivity index (χ2v) is 8.56. The van der Waals surface area contributed by atoms with Crippen molar-refractivity contribution in [3.8, 4) is 22.2 Å². The summed E-state index contributed by atoms with van der Waals surface area (Å²) in [6.07, 6.45) is 6.12. The van der Waals surface area contributed by atoms with E-state index in [9.17, 15) is 0 Å². The zero-order chi connectivity index (χ0) is 22.1. The van der Waals surface area contributed by atoms with Crippen molar-refractivity contribution in [2.45, 2.75) is 33.2 Å². The molecule has 0 aliphatic carbocycles. The van der Waals surface area contributed by atoms with E-state index in [2.05, 4.69) is 36.2 Å². The monoisotopic (exact) mass is 438 g/mol. The number of nitrogens with one attached hydrogen (secondary N) is 1. The highest BCUT2D eigenvalue weighted by atomic mass is 32.1. The average molecular weight is 439 g/mol. The fourth-order valence-electron chi connectivity index (χ4n) is 3.31. The normalized spacial score (nSPS) is 12.2. The van der Waals surface area contributed by atoms with Crippen molar-refractivity contribution in [3.63, 3.8) is 0 Å². The Hall–Kier alpha value is -3.47. The summed E-state index contributed by atoms with van der Waals surface area (Å²) in [5, 5.41) is 12.6. The third-order valence-electron chi connectivity index (χ3n) is 5.02. The van der Waals surface area contributed by atoms with Gasteiger partial charge in [0.2, 0.25) is 0 Å². The number of nitrogens with two attached hydrogens (primary N) is 2. The van der Waals surface area contributed by atoms with Crippen LogP contribution in [0.25, 0.3) is 32.4 Å². The van der Waals surface area contributed by atoms with Crippen molar-refractivity contribution in [1.29, 1.82) is 0 Å². The number of aryl methyl sites for hydroxylation is 2. The molecule has 0 aliphatic rings. The molecule has 0 aliphatic heterocycles. The molecule has 0 saturated heterocycles. The summed E-state index contributed by atoms with van der Waals surface area (Å²) >= 11 is 1.61. The molecule has 162 valence electrons. The lowest BCUT2D eigenvalue weighted by atomic mass is 10.1. The molecule has 4 aromatic rings. The topological polar surface area (TPSA) is 138 Å². The molecule has 0 fully saturated rings. The van der Waals surface area contributed by atoms with E-state index in [1.54, 1.807) is 17.5 Å². The third kappa shape index (κ3) is 3.96. The minimum atomic E-state index is 0.296. The molecule has 0 aromatic carbocycles. The number of fused-ring (bicyclic) bond motifs is 1. The summed E-state index contributed by atoms with van der Waals surface area (Å²) in [5.41, 5.74) is 7.76. The summed E-state index contributed by atoms with van der Waals surface area (Å²) in [4.78, 5) is 16.0. The molecule has 4 heterocycles. The van der Waals surface area contributed by atoms with Gasteiger partial charge < -0.3 is 21.5 Å². The Labute approximate surface area is 184 Å². The van der Waals surface area contributed by atoms with E-state index in [0.717, 1.165) is 32.2 Å². The Morgan fingerprint density at radius 1 is 1.29 bits per heavy atom. The average Bonchev–Trinajstić information content (AvgIpc) is 3.46. The SMILES string of the molecule is Cc1c(-c2ccn(C(C)C)n2)sc2nc(-c3nccn3C)nc(NCC/C(N)=N/N)c12. The van der Waals surface area contributed by atoms with Gasteiger partial charge in [-0.15, -0.1) is 11.3 Å². The van der Waals surface area contributed by atoms with Gasteiger partial charge in [-0.05, 0) is 32.4 Å². The highest BCUT2D eigenvalue weighted by Gasteiger charge is 2.20. The minimum absolute atomic E-state index is 0.296. The predicted molar refractivity (Wildman–Crippen MR) is 125 cm³/mol. The number of hydrogen-bond acceptors (Lipinski definition) is 8. The van der Waals surface area contributed by atoms with Crippen LogP contribution in [0.1, 0.15) is 31.9 Å². The first-order chi connectivity index (χ1) is 14.9. The maximum Gasteiger partial charge on any atom is 0.199 e. The number of hydrogen-bond donors (Lipinski definition) is 3. The van der Waals surface area contributed by atoms with E-state index in [4.69, 9.17) is 26.6 Å². The maximum absolute atomic E-state index is 5.74. The number of nitrogens with zero attached hydrogens (tertiary/aromatic N) is 7. The predicted octanol–water partition coefficient (Wildman–Crippen LogP) is 2.88. The van der Waals surface area contributed by atoms with Crippen LogP contribution in [-0.4, -0.2) is 41.7 Å². The highest BCUT2D eigenvalue weighted by molar-refractivity contribution is 7.22. The fraction of sp³-hybridized carbons (Fsp3) is 0.350. The van der Waals surface area contributed by atoms with Crippen LogP contribution in [0.3, 0.4) is 0 Å². The zero-order valence-corrected chi connectivity index (χ0v) is 18.8. The number of thiophene rings is 1. The smallest absolute Gasteiger partial charge is 0.199 e. The van der Waals surface area contributed by atoms with Crippen molar-refractivity contribution < 1.29 is 0 Å². The second-order valence-electron chi connectivity index (χ2n) is 7.57. The standard InChI is InChI=1S/C20H26N10S/c1-11(2)30-9-6-13(28-30)16-12(3)15-17(23-7-5-14(21)27-22)25-18(26-20(15)31-16)19-24-8-10-29(19)4/h6,8-11H,5,7,22H2,1-4H3,(H2,21,27)(H,23,25,26). The molecule has 0 bridgehead atoms. The molecule has 0 spiro atoms. The fourth-order valence-corrected chi connectivity index (χ4v) is 4.46. The van der Waals surface area contributed by atoms with E-state index in [-0.39, 0.29) is 0 Å². The first kappa shape index (κ1) is 20.8. The molecule has 0 saturated carbocycles. The minimum Gasteiger partial charge on any atom is -0.386 e. The van der Waals surface area contributed by atoms with Crippen molar-refractivity contribution in [2.24, 2.45) is 23.7 Å². The Balaban J connectivity index is 1.83. The molecular formula is C20H26N10S. The van der Waals surface area contributed by atoms with Crippen LogP contribution in [0.2, 0.25) is 0 Å². The number of amidine groups is 1. The first-order valence-corrected chi connectivity index (χ1v) is 10.8. The lowest BCUT2D eigenvalue weighted by molar-refractivity contribution is 0.534. The van der Waals surface area contributed by atoms with Crippen LogP contribution in [0.15, 0.2) is 29.8 Å². The van der Waals surface area contributed by atoms with Gasteiger partial charge in [0, 0.05) is 44.6 Å². The molecule has 4 aromatic heterocycles. The molecule has 0 radical (unpaired) electrons. The second kappa shape index (κ2) is 8.34. The third-order valence-corrected chi connectivity index (χ3v) is 6.23. The highest BCUT2D eigenvalue weighted by Crippen LogP contribution is 2.40. The van der Waals surface area contributed by atoms with Crippen LogP contribution < -0.4 is 16.9 Å². The Kier molecular flexibility index (Phi) is 5.59. The number of rotatable bonds is 7. The summed E-state index contributed by atoms with van der Waals surface area (Å²) in [7, 11) is 1.92. The molecule has 4 rings (SSSR count). The molecule has 0 atom stereocenters. The van der Waals surface area contributed by atoms with Gasteiger partial charge >= 0.3 is 0 Å². The van der Waals surface area contributed by atoms with E-state index >= 15 is 0 Å². The van der Waals surface area contributed by atoms with E-state index in [1.807, 2.05) is 34.8 Å². The maximum atomic E-state index is 5.74. The molecule has 10 nitrogen and oxygen atoms in total. The van der Waals surface area contributed by atoms with Crippen molar-refractivity contribution >= 4 is 33.2 Å². The van der Waals surface area contributed by atoms with Gasteiger partial charge in [0.25, 0.3) is 0 Å². The van der Waals surface area contributed by atoms with E-state index in [1.165, 1.54) is 0 Å². The van der Waals surface area contributed by atoms with Crippen molar-refractivity contribution in [2.75, 3.05) is 11.9 Å². The number of anilines is 1. The Bertz CT molecular complexity index is 1250. The lowest BCUT2D eigenvalue weighted by Crippen LogP contribution is -2.19. The van der Waals surface area contributed by atoms with E-state index in [0.29, 0.717) is 36.5 Å². The molecular weight excluding hydrogens is 412 g/mol. The van der Waals surface area contributed by atoms with Crippen LogP contribution in [0.4, 0.5) is 5.82 Å². The van der Waals surface area contributed by atoms with E-state index < -0.39 is 0 Å². The van der Waals surface area contributed by atoms with Gasteiger partial charge in [-0.2, -0.15) is 10.2 Å². The molecule has 0 unspecified atom stereocenters. The van der Waals surface area contributed by atoms with Gasteiger partial charge in [-0.1, -0.05) is 0 Å². The molecule has 0 amide bonds. The summed E-state index contributed by atoms with van der Waals surface area (Å²) in [6, 6.07) is 2.33. The van der Waals surface area contributed by atoms with Gasteiger partial charge in [0.1, 0.15) is 22.2 Å². The van der Waals surface area contributed by atoms with Gasteiger partial charge in [-0.25, -0.2) is 15.0 Å². The lowest BCUT2D eigenvalue weighted by Gasteiger charge is -2.09. The Morgan fingerprint density at radius 2 is 2.10 bits per heavy atom. The van der Waals surface area contributed by atoms with Crippen molar-refractivity contribution in [1.82, 2.24) is 29.3 Å². The molecule has 11 heteroatoms. The van der Waals surface area contributed by atoms with Gasteiger partial charge in [0.15, 0.2) is 11.6 Å². The van der Waals surface area contributed by atoms with Crippen LogP contribution >= 0.6 is 11.3 Å².